The highest BCUT2D eigenvalue weighted by Crippen LogP contribution is 2.28. The second-order valence-electron chi connectivity index (χ2n) is 3.49. The van der Waals surface area contributed by atoms with Gasteiger partial charge in [-0.1, -0.05) is 51.4 Å². The molecule has 0 aliphatic heterocycles. The van der Waals surface area contributed by atoms with Crippen molar-refractivity contribution in [1.29, 1.82) is 0 Å². The van der Waals surface area contributed by atoms with Crippen LogP contribution in [0.4, 0.5) is 10.3 Å². The molecule has 3 rings (SSSR count). The number of rotatable bonds is 6. The normalized spacial score (nSPS) is 11.0. The summed E-state index contributed by atoms with van der Waals surface area (Å²) >= 11 is 5.56. The maximum absolute atomic E-state index is 5.51. The maximum Gasteiger partial charge on any atom is 0.237 e. The molecule has 4 N–H and O–H groups in total. The predicted molar refractivity (Wildman–Crippen MR) is 82.1 cm³/mol. The number of nitrogens with zero attached hydrogens (tertiary/aromatic N) is 6. The van der Waals surface area contributed by atoms with Crippen LogP contribution in [0.5, 0.6) is 0 Å². The number of hydrogen-bond acceptors (Lipinski definition) is 13. The van der Waals surface area contributed by atoms with Crippen molar-refractivity contribution in [3.63, 3.8) is 0 Å². The monoisotopic (exact) mass is 360 g/mol. The number of thioether (sulfide) groups is 2. The fourth-order valence-corrected chi connectivity index (χ4v) is 4.17. The average Bonchev–Trinajstić information content (AvgIpc) is 3.16. The van der Waals surface area contributed by atoms with Gasteiger partial charge in [-0.2, -0.15) is 4.98 Å². The van der Waals surface area contributed by atoms with Crippen molar-refractivity contribution >= 4 is 56.5 Å². The van der Waals surface area contributed by atoms with Crippen molar-refractivity contribution in [3.05, 3.63) is 11.7 Å². The molecule has 0 fully saturated rings. The van der Waals surface area contributed by atoms with Crippen molar-refractivity contribution < 1.29 is 4.52 Å². The van der Waals surface area contributed by atoms with Gasteiger partial charge in [0.2, 0.25) is 16.2 Å². The Kier molecular flexibility index (Phi) is 4.52. The van der Waals surface area contributed by atoms with Crippen molar-refractivity contribution in [2.45, 2.75) is 20.2 Å². The summed E-state index contributed by atoms with van der Waals surface area (Å²) in [4.78, 5) is 4.28. The van der Waals surface area contributed by atoms with E-state index < -0.39 is 0 Å². The van der Waals surface area contributed by atoms with Gasteiger partial charge in [-0.25, -0.2) is 0 Å². The van der Waals surface area contributed by atoms with Crippen LogP contribution in [0.1, 0.15) is 11.7 Å². The number of anilines is 2. The molecule has 13 heteroatoms. The van der Waals surface area contributed by atoms with E-state index in [1.54, 1.807) is 0 Å². The van der Waals surface area contributed by atoms with Crippen molar-refractivity contribution in [2.24, 2.45) is 0 Å². The number of aromatic nitrogens is 6. The van der Waals surface area contributed by atoms with Crippen LogP contribution in [0.15, 0.2) is 13.2 Å². The molecule has 0 saturated carbocycles. The average molecular weight is 360 g/mol. The van der Waals surface area contributed by atoms with Crippen LogP contribution < -0.4 is 11.5 Å². The zero-order chi connectivity index (χ0) is 14.7. The van der Waals surface area contributed by atoms with Crippen LogP contribution in [0.2, 0.25) is 0 Å². The van der Waals surface area contributed by atoms with E-state index in [4.69, 9.17) is 16.0 Å². The molecular formula is C8H8N8OS4. The minimum Gasteiger partial charge on any atom is -0.374 e. The van der Waals surface area contributed by atoms with E-state index in [9.17, 15) is 0 Å². The van der Waals surface area contributed by atoms with E-state index in [0.717, 1.165) is 8.68 Å². The number of nitrogens with two attached hydrogens (primary N) is 2. The standard InChI is InChI=1S/C8H8N8OS4/c9-5-12-14-7(20-5)18-1-3-11-4(17-16-3)2-19-8-15-13-6(10)21-8/h1-2H2,(H2,9,12)(H2,10,13). The van der Waals surface area contributed by atoms with E-state index in [2.05, 4.69) is 30.5 Å². The molecule has 9 nitrogen and oxygen atoms in total. The van der Waals surface area contributed by atoms with E-state index in [1.807, 2.05) is 0 Å². The first-order chi connectivity index (χ1) is 10.2. The van der Waals surface area contributed by atoms with Crippen LogP contribution in [0.3, 0.4) is 0 Å². The Morgan fingerprint density at radius 3 is 2.10 bits per heavy atom. The Morgan fingerprint density at radius 1 is 0.905 bits per heavy atom. The van der Waals surface area contributed by atoms with Gasteiger partial charge in [0.05, 0.1) is 11.5 Å². The van der Waals surface area contributed by atoms with Gasteiger partial charge >= 0.3 is 0 Å². The SMILES string of the molecule is Nc1nnc(SCc2noc(CSc3nnc(N)s3)n2)s1. The summed E-state index contributed by atoms with van der Waals surface area (Å²) < 4.78 is 6.70. The molecule has 110 valence electrons. The summed E-state index contributed by atoms with van der Waals surface area (Å²) in [6.45, 7) is 0. The van der Waals surface area contributed by atoms with Gasteiger partial charge in [-0.3, -0.25) is 0 Å². The second kappa shape index (κ2) is 6.55. The van der Waals surface area contributed by atoms with Crippen LogP contribution in [-0.4, -0.2) is 30.5 Å². The third-order valence-electron chi connectivity index (χ3n) is 2.00. The van der Waals surface area contributed by atoms with E-state index in [-0.39, 0.29) is 0 Å². The predicted octanol–water partition coefficient (Wildman–Crippen LogP) is 1.52. The highest BCUT2D eigenvalue weighted by Gasteiger charge is 2.10. The van der Waals surface area contributed by atoms with Gasteiger partial charge in [0.25, 0.3) is 0 Å². The summed E-state index contributed by atoms with van der Waals surface area (Å²) in [6, 6.07) is 0. The second-order valence-corrected chi connectivity index (χ2v) is 7.96. The molecule has 21 heavy (non-hydrogen) atoms. The molecule has 0 spiro atoms. The van der Waals surface area contributed by atoms with Crippen molar-refractivity contribution in [3.8, 4) is 0 Å². The first-order valence-corrected chi connectivity index (χ1v) is 9.04. The molecule has 0 aliphatic carbocycles. The molecule has 0 saturated heterocycles. The number of nitrogen functional groups attached to an aromatic ring is 2. The smallest absolute Gasteiger partial charge is 0.237 e. The largest absolute Gasteiger partial charge is 0.374 e. The lowest BCUT2D eigenvalue weighted by molar-refractivity contribution is 0.386. The summed E-state index contributed by atoms with van der Waals surface area (Å²) in [7, 11) is 0. The first kappa shape index (κ1) is 14.5. The van der Waals surface area contributed by atoms with Gasteiger partial charge in [-0.05, 0) is 0 Å². The van der Waals surface area contributed by atoms with Crippen molar-refractivity contribution in [1.82, 2.24) is 30.5 Å². The minimum atomic E-state index is 0.441. The summed E-state index contributed by atoms with van der Waals surface area (Å²) in [5.41, 5.74) is 11.0. The Balaban J connectivity index is 1.51. The highest BCUT2D eigenvalue weighted by atomic mass is 32.2. The molecule has 3 aromatic heterocycles. The molecule has 0 atom stereocenters. The van der Waals surface area contributed by atoms with Crippen molar-refractivity contribution in [2.75, 3.05) is 11.5 Å². The number of hydrogen-bond donors (Lipinski definition) is 2. The lowest BCUT2D eigenvalue weighted by Gasteiger charge is -1.90. The topological polar surface area (TPSA) is 143 Å². The quantitative estimate of drug-likeness (QED) is 0.617. The fraction of sp³-hybridized carbons (Fsp3) is 0.250. The Morgan fingerprint density at radius 2 is 1.52 bits per heavy atom. The Bertz CT molecular complexity index is 665. The third kappa shape index (κ3) is 4.03. The summed E-state index contributed by atoms with van der Waals surface area (Å²) in [5, 5.41) is 20.1. The zero-order valence-corrected chi connectivity index (χ0v) is 13.6. The van der Waals surface area contributed by atoms with E-state index in [0.29, 0.717) is 33.5 Å². The zero-order valence-electron chi connectivity index (χ0n) is 10.3. The molecule has 0 amide bonds. The van der Waals surface area contributed by atoms with Crippen LogP contribution in [0.25, 0.3) is 0 Å². The van der Waals surface area contributed by atoms with E-state index >= 15 is 0 Å². The Labute approximate surface area is 134 Å². The molecule has 0 bridgehead atoms. The van der Waals surface area contributed by atoms with Gasteiger partial charge in [0, 0.05) is 0 Å². The van der Waals surface area contributed by atoms with Crippen LogP contribution in [0, 0.1) is 0 Å². The van der Waals surface area contributed by atoms with E-state index in [1.165, 1.54) is 46.2 Å². The first-order valence-electron chi connectivity index (χ1n) is 5.44. The van der Waals surface area contributed by atoms with Crippen LogP contribution >= 0.6 is 46.2 Å². The molecule has 0 aromatic carbocycles. The lowest BCUT2D eigenvalue weighted by atomic mass is 10.7. The molecule has 3 heterocycles. The Hall–Kier alpha value is -1.44. The van der Waals surface area contributed by atoms with Gasteiger partial charge in [0.1, 0.15) is 0 Å². The summed E-state index contributed by atoms with van der Waals surface area (Å²) in [6.07, 6.45) is 0. The molecular weight excluding hydrogens is 352 g/mol. The van der Waals surface area contributed by atoms with Gasteiger partial charge < -0.3 is 16.0 Å². The highest BCUT2D eigenvalue weighted by molar-refractivity contribution is 8.00. The summed E-state index contributed by atoms with van der Waals surface area (Å²) in [5.74, 6) is 2.20. The molecule has 0 radical (unpaired) electrons. The van der Waals surface area contributed by atoms with Crippen LogP contribution in [-0.2, 0) is 11.5 Å². The third-order valence-corrected chi connectivity index (χ3v) is 5.75. The maximum atomic E-state index is 5.51. The molecule has 3 aromatic rings. The fourth-order valence-electron chi connectivity index (χ4n) is 1.21. The molecule has 0 unspecified atom stereocenters. The minimum absolute atomic E-state index is 0.441. The van der Waals surface area contributed by atoms with Gasteiger partial charge in [-0.15, -0.1) is 20.4 Å². The van der Waals surface area contributed by atoms with Gasteiger partial charge in [0.15, 0.2) is 14.5 Å². The molecule has 0 aliphatic rings. The lowest BCUT2D eigenvalue weighted by Crippen LogP contribution is -1.85.